The van der Waals surface area contributed by atoms with Gasteiger partial charge in [-0.15, -0.1) is 0 Å². The van der Waals surface area contributed by atoms with Gasteiger partial charge >= 0.3 is 13.7 Å². The van der Waals surface area contributed by atoms with Crippen LogP contribution in [0.5, 0.6) is 5.75 Å². The number of nitriles is 1. The van der Waals surface area contributed by atoms with Crippen LogP contribution in [-0.4, -0.2) is 66.3 Å². The minimum absolute atomic E-state index is 0.0713. The Kier molecular flexibility index (Phi) is 6.95. The second-order valence-corrected chi connectivity index (χ2v) is 10.5. The van der Waals surface area contributed by atoms with Gasteiger partial charge in [-0.2, -0.15) is 15.4 Å². The van der Waals surface area contributed by atoms with Crippen LogP contribution in [0.15, 0.2) is 48.8 Å². The number of carbonyl (C=O) groups is 1. The Balaban J connectivity index is 1.61. The van der Waals surface area contributed by atoms with Crippen molar-refractivity contribution in [2.24, 2.45) is 0 Å². The van der Waals surface area contributed by atoms with E-state index in [4.69, 9.17) is 19.5 Å². The van der Waals surface area contributed by atoms with Crippen LogP contribution in [0.4, 0.5) is 5.82 Å². The number of ether oxygens (including phenoxy) is 1. The molecule has 15 heteroatoms. The molecule has 0 bridgehead atoms. The first kappa shape index (κ1) is 26.5. The maximum Gasteiger partial charge on any atom is 0.459 e. The molecule has 1 aliphatic heterocycles. The van der Waals surface area contributed by atoms with Crippen LogP contribution in [-0.2, 0) is 24.2 Å². The first-order valence-electron chi connectivity index (χ1n) is 11.0. The Morgan fingerprint density at radius 3 is 2.68 bits per heavy atom. The van der Waals surface area contributed by atoms with E-state index in [1.807, 2.05) is 6.07 Å². The van der Waals surface area contributed by atoms with Gasteiger partial charge in [0.2, 0.25) is 5.60 Å². The molecule has 196 valence electrons. The molecule has 0 spiro atoms. The second kappa shape index (κ2) is 9.71. The summed E-state index contributed by atoms with van der Waals surface area (Å²) in [6.07, 6.45) is -3.65. The number of fused-ring (bicyclic) bond motifs is 1. The molecular weight excluding hydrogens is 507 g/mol. The average Bonchev–Trinajstić information content (AvgIpc) is 3.39. The van der Waals surface area contributed by atoms with Gasteiger partial charge in [0, 0.05) is 0 Å². The van der Waals surface area contributed by atoms with Crippen molar-refractivity contribution < 1.29 is 38.5 Å². The summed E-state index contributed by atoms with van der Waals surface area (Å²) >= 11 is 0. The highest BCUT2D eigenvalue weighted by Gasteiger charge is 2.58. The molecule has 0 saturated carbocycles. The van der Waals surface area contributed by atoms with Gasteiger partial charge in [-0.3, -0.25) is 9.32 Å². The van der Waals surface area contributed by atoms with Gasteiger partial charge < -0.3 is 30.3 Å². The number of aliphatic hydroxyl groups excluding tert-OH is 2. The summed E-state index contributed by atoms with van der Waals surface area (Å²) in [4.78, 5) is 15.5. The van der Waals surface area contributed by atoms with Crippen molar-refractivity contribution in [1.29, 1.82) is 5.26 Å². The minimum Gasteiger partial charge on any atom is -0.480 e. The number of anilines is 1. The van der Waals surface area contributed by atoms with Crippen molar-refractivity contribution >= 4 is 25.1 Å². The molecule has 0 amide bonds. The fourth-order valence-corrected chi connectivity index (χ4v) is 5.50. The number of para-hydroxylation sites is 1. The molecule has 1 fully saturated rings. The largest absolute Gasteiger partial charge is 0.480 e. The first-order valence-corrected chi connectivity index (χ1v) is 12.5. The SMILES string of the molecule is CC(C)(NP(=O)(OC[C@H]1O[C@@](C#N)(c2ccc3c(N)ncnn23)[C@H](O)[C@@H]1O)Oc1ccccc1)C(=O)O. The summed E-state index contributed by atoms with van der Waals surface area (Å²) in [5, 5.41) is 47.6. The van der Waals surface area contributed by atoms with Crippen LogP contribution in [0, 0.1) is 11.3 Å². The van der Waals surface area contributed by atoms with Gasteiger partial charge in [0.05, 0.1) is 12.3 Å². The summed E-state index contributed by atoms with van der Waals surface area (Å²) in [7, 11) is -4.40. The highest BCUT2D eigenvalue weighted by molar-refractivity contribution is 7.52. The number of nitrogens with one attached hydrogen (secondary N) is 1. The summed E-state index contributed by atoms with van der Waals surface area (Å²) in [6.45, 7) is 1.88. The van der Waals surface area contributed by atoms with E-state index in [2.05, 4.69) is 15.2 Å². The molecule has 2 aromatic heterocycles. The zero-order valence-electron chi connectivity index (χ0n) is 19.8. The molecule has 6 N–H and O–H groups in total. The molecule has 0 aliphatic carbocycles. The highest BCUT2D eigenvalue weighted by atomic mass is 31.2. The number of aromatic nitrogens is 3. The zero-order chi connectivity index (χ0) is 27.0. The van der Waals surface area contributed by atoms with Crippen LogP contribution in [0.1, 0.15) is 19.5 Å². The number of carboxylic acid groups (broad SMARTS) is 1. The minimum atomic E-state index is -4.40. The lowest BCUT2D eigenvalue weighted by atomic mass is 9.92. The lowest BCUT2D eigenvalue weighted by Crippen LogP contribution is -2.46. The fourth-order valence-electron chi connectivity index (χ4n) is 3.81. The summed E-state index contributed by atoms with van der Waals surface area (Å²) in [6, 6.07) is 12.8. The van der Waals surface area contributed by atoms with Crippen molar-refractivity contribution in [1.82, 2.24) is 19.7 Å². The van der Waals surface area contributed by atoms with E-state index >= 15 is 0 Å². The van der Waals surface area contributed by atoms with Gasteiger partial charge in [0.1, 0.15) is 47.5 Å². The standard InChI is InChI=1S/C22H25N6O8P/c1-21(2,20(31)32)27-37(33,36-13-6-4-3-5-7-13)34-10-15-17(29)18(30)22(11-23,35-15)16-9-8-14-19(24)25-12-26-28(14)16/h3-9,12,15,17-18,29-30H,10H2,1-2H3,(H,27,33)(H,31,32)(H2,24,25,26)/t15-,17-,18-,22+,37?/m1/s1. The Morgan fingerprint density at radius 2 is 2.03 bits per heavy atom. The van der Waals surface area contributed by atoms with E-state index in [-0.39, 0.29) is 17.3 Å². The summed E-state index contributed by atoms with van der Waals surface area (Å²) in [5.41, 5.74) is 2.43. The quantitative estimate of drug-likeness (QED) is 0.241. The molecule has 14 nitrogen and oxygen atoms in total. The first-order chi connectivity index (χ1) is 17.4. The van der Waals surface area contributed by atoms with Gasteiger partial charge in [0.25, 0.3) is 0 Å². The summed E-state index contributed by atoms with van der Waals surface area (Å²) in [5.74, 6) is -1.09. The molecule has 1 aliphatic rings. The molecule has 3 aromatic rings. The zero-order valence-corrected chi connectivity index (χ0v) is 20.6. The highest BCUT2D eigenvalue weighted by Crippen LogP contribution is 2.48. The van der Waals surface area contributed by atoms with Crippen LogP contribution in [0.2, 0.25) is 0 Å². The molecule has 4 rings (SSSR count). The number of hydrogen-bond acceptors (Lipinski definition) is 11. The fraction of sp³-hybridized carbons (Fsp3) is 0.364. The van der Waals surface area contributed by atoms with E-state index in [0.29, 0.717) is 5.52 Å². The molecular formula is C22H25N6O8P. The number of aliphatic carboxylic acids is 1. The van der Waals surface area contributed by atoms with Gasteiger partial charge in [-0.1, -0.05) is 18.2 Å². The normalized spacial score (nSPS) is 25.4. The third-order valence-electron chi connectivity index (χ3n) is 5.82. The monoisotopic (exact) mass is 532 g/mol. The number of carboxylic acids is 1. The Bertz CT molecular complexity index is 1390. The second-order valence-electron chi connectivity index (χ2n) is 8.84. The Hall–Kier alpha value is -3.57. The third kappa shape index (κ3) is 4.88. The van der Waals surface area contributed by atoms with Gasteiger partial charge in [-0.05, 0) is 38.1 Å². The van der Waals surface area contributed by atoms with Crippen molar-refractivity contribution in [3.8, 4) is 11.8 Å². The van der Waals surface area contributed by atoms with Crippen molar-refractivity contribution in [2.45, 2.75) is 43.3 Å². The van der Waals surface area contributed by atoms with Gasteiger partial charge in [-0.25, -0.2) is 14.1 Å². The van der Waals surface area contributed by atoms with Crippen LogP contribution in [0.3, 0.4) is 0 Å². The van der Waals surface area contributed by atoms with E-state index < -0.39 is 49.8 Å². The number of hydrogen-bond donors (Lipinski definition) is 5. The topological polar surface area (TPSA) is 215 Å². The van der Waals surface area contributed by atoms with Crippen LogP contribution < -0.4 is 15.3 Å². The predicted molar refractivity (Wildman–Crippen MR) is 127 cm³/mol. The van der Waals surface area contributed by atoms with E-state index in [0.717, 1.165) is 6.33 Å². The van der Waals surface area contributed by atoms with E-state index in [9.17, 15) is 29.9 Å². The molecule has 37 heavy (non-hydrogen) atoms. The third-order valence-corrected chi connectivity index (χ3v) is 7.59. The number of rotatable bonds is 9. The molecule has 3 heterocycles. The average molecular weight is 532 g/mol. The lowest BCUT2D eigenvalue weighted by molar-refractivity contribution is -0.142. The van der Waals surface area contributed by atoms with Crippen molar-refractivity contribution in [3.05, 3.63) is 54.5 Å². The maximum atomic E-state index is 13.6. The Morgan fingerprint density at radius 1 is 1.32 bits per heavy atom. The smallest absolute Gasteiger partial charge is 0.459 e. The van der Waals surface area contributed by atoms with Crippen molar-refractivity contribution in [2.75, 3.05) is 12.3 Å². The molecule has 1 aromatic carbocycles. The molecule has 1 unspecified atom stereocenters. The number of nitrogens with two attached hydrogens (primary N) is 1. The van der Waals surface area contributed by atoms with Crippen LogP contribution >= 0.6 is 7.75 Å². The number of nitrogens with zero attached hydrogens (tertiary/aromatic N) is 4. The van der Waals surface area contributed by atoms with E-state index in [1.54, 1.807) is 18.2 Å². The van der Waals surface area contributed by atoms with E-state index in [1.165, 1.54) is 42.6 Å². The number of aliphatic hydroxyl groups is 2. The summed E-state index contributed by atoms with van der Waals surface area (Å²) < 4.78 is 31.6. The molecule has 1 saturated heterocycles. The number of nitrogen functional groups attached to an aromatic ring is 1. The predicted octanol–water partition coefficient (Wildman–Crippen LogP) is 0.807. The molecule has 5 atom stereocenters. The lowest BCUT2D eigenvalue weighted by Gasteiger charge is -2.28. The van der Waals surface area contributed by atoms with Crippen molar-refractivity contribution in [3.63, 3.8) is 0 Å². The van der Waals surface area contributed by atoms with Crippen LogP contribution in [0.25, 0.3) is 5.52 Å². The van der Waals surface area contributed by atoms with Gasteiger partial charge in [0.15, 0.2) is 5.82 Å². The Labute approximate surface area is 210 Å². The molecule has 0 radical (unpaired) electrons. The maximum absolute atomic E-state index is 13.6. The number of benzene rings is 1.